The zero-order valence-corrected chi connectivity index (χ0v) is 12.4. The minimum atomic E-state index is -0.426. The summed E-state index contributed by atoms with van der Waals surface area (Å²) in [4.78, 5) is 25.7. The van der Waals surface area contributed by atoms with Gasteiger partial charge in [-0.3, -0.25) is 14.7 Å². The second kappa shape index (κ2) is 6.19. The second-order valence-corrected chi connectivity index (χ2v) is 5.94. The maximum Gasteiger partial charge on any atom is 0.252 e. The van der Waals surface area contributed by atoms with Crippen molar-refractivity contribution in [3.8, 4) is 0 Å². The minimum Gasteiger partial charge on any atom is -0.365 e. The topological polar surface area (TPSA) is 75.4 Å². The Kier molecular flexibility index (Phi) is 4.12. The van der Waals surface area contributed by atoms with Crippen molar-refractivity contribution < 1.29 is 4.79 Å². The maximum atomic E-state index is 11.5. The molecule has 2 N–H and O–H groups in total. The summed E-state index contributed by atoms with van der Waals surface area (Å²) in [6.07, 6.45) is 3.62. The van der Waals surface area contributed by atoms with Crippen LogP contribution in [0.5, 0.6) is 0 Å². The van der Waals surface area contributed by atoms with Gasteiger partial charge in [-0.05, 0) is 12.1 Å². The van der Waals surface area contributed by atoms with E-state index < -0.39 is 5.91 Å². The fraction of sp³-hybridized carbons (Fsp3) is 0.357. The van der Waals surface area contributed by atoms with E-state index >= 15 is 0 Å². The number of hydrogen-bond acceptors (Lipinski definition) is 6. The number of anilines is 1. The number of carbonyl (C=O) groups is 1. The Morgan fingerprint density at radius 1 is 1.33 bits per heavy atom. The van der Waals surface area contributed by atoms with Crippen LogP contribution in [0.15, 0.2) is 30.0 Å². The predicted molar refractivity (Wildman–Crippen MR) is 82.4 cm³/mol. The number of thiazole rings is 1. The molecule has 21 heavy (non-hydrogen) atoms. The lowest BCUT2D eigenvalue weighted by atomic mass is 10.2. The molecular weight excluding hydrogens is 286 g/mol. The Labute approximate surface area is 127 Å². The number of piperazine rings is 1. The fourth-order valence-corrected chi connectivity index (χ4v) is 3.14. The summed E-state index contributed by atoms with van der Waals surface area (Å²) >= 11 is 1.68. The van der Waals surface area contributed by atoms with Crippen molar-refractivity contribution in [3.05, 3.63) is 40.5 Å². The molecule has 0 spiro atoms. The number of rotatable bonds is 4. The zero-order chi connectivity index (χ0) is 14.7. The smallest absolute Gasteiger partial charge is 0.252 e. The Bertz CT molecular complexity index is 608. The molecule has 0 unspecified atom stereocenters. The lowest BCUT2D eigenvalue weighted by Gasteiger charge is -2.35. The molecule has 1 aliphatic rings. The highest BCUT2D eigenvalue weighted by Crippen LogP contribution is 2.19. The number of nitrogens with two attached hydrogens (primary N) is 1. The van der Waals surface area contributed by atoms with Crippen molar-refractivity contribution in [3.63, 3.8) is 0 Å². The number of amides is 1. The lowest BCUT2D eigenvalue weighted by Crippen LogP contribution is -2.46. The Morgan fingerprint density at radius 2 is 2.14 bits per heavy atom. The lowest BCUT2D eigenvalue weighted by molar-refractivity contribution is 0.1000. The molecule has 2 aromatic rings. The highest BCUT2D eigenvalue weighted by molar-refractivity contribution is 7.09. The van der Waals surface area contributed by atoms with Crippen molar-refractivity contribution in [2.75, 3.05) is 31.1 Å². The Hall–Kier alpha value is -1.99. The summed E-state index contributed by atoms with van der Waals surface area (Å²) in [5.74, 6) is 0.271. The van der Waals surface area contributed by atoms with E-state index in [1.165, 1.54) is 4.88 Å². The molecule has 0 bridgehead atoms. The second-order valence-electron chi connectivity index (χ2n) is 4.97. The molecule has 0 saturated carbocycles. The van der Waals surface area contributed by atoms with Crippen LogP contribution < -0.4 is 10.6 Å². The Morgan fingerprint density at radius 3 is 2.81 bits per heavy atom. The summed E-state index contributed by atoms with van der Waals surface area (Å²) in [6, 6.07) is 3.47. The van der Waals surface area contributed by atoms with Gasteiger partial charge in [0.1, 0.15) is 5.82 Å². The summed E-state index contributed by atoms with van der Waals surface area (Å²) in [5.41, 5.74) is 7.77. The molecular formula is C14H17N5OS. The molecule has 1 fully saturated rings. The summed E-state index contributed by atoms with van der Waals surface area (Å²) < 4.78 is 0. The molecule has 0 aromatic carbocycles. The van der Waals surface area contributed by atoms with Crippen LogP contribution in [0.25, 0.3) is 0 Å². The van der Waals surface area contributed by atoms with Crippen LogP contribution in [0.3, 0.4) is 0 Å². The third-order valence-corrected chi connectivity index (χ3v) is 4.35. The van der Waals surface area contributed by atoms with Gasteiger partial charge in [-0.2, -0.15) is 0 Å². The van der Waals surface area contributed by atoms with Gasteiger partial charge in [0.2, 0.25) is 0 Å². The average Bonchev–Trinajstić information content (AvgIpc) is 3.01. The first-order valence-corrected chi connectivity index (χ1v) is 7.71. The molecule has 0 radical (unpaired) electrons. The quantitative estimate of drug-likeness (QED) is 0.910. The standard InChI is InChI=1S/C14H17N5OS/c15-13(20)12-2-1-3-17-14(12)19-6-4-18(5-7-19)9-11-8-16-10-21-11/h1-3,8,10H,4-7,9H2,(H2,15,20). The summed E-state index contributed by atoms with van der Waals surface area (Å²) in [5, 5.41) is 0. The fourth-order valence-electron chi connectivity index (χ4n) is 2.50. The molecule has 7 heteroatoms. The van der Waals surface area contributed by atoms with Gasteiger partial charge in [-0.25, -0.2) is 4.98 Å². The van der Waals surface area contributed by atoms with Crippen LogP contribution in [0.2, 0.25) is 0 Å². The van der Waals surface area contributed by atoms with E-state index in [4.69, 9.17) is 5.73 Å². The SMILES string of the molecule is NC(=O)c1cccnc1N1CCN(Cc2cncs2)CC1. The number of primary amides is 1. The molecule has 1 saturated heterocycles. The zero-order valence-electron chi connectivity index (χ0n) is 11.6. The third-order valence-electron chi connectivity index (χ3n) is 3.59. The number of hydrogen-bond donors (Lipinski definition) is 1. The van der Waals surface area contributed by atoms with Crippen molar-refractivity contribution in [1.29, 1.82) is 0 Å². The molecule has 110 valence electrons. The van der Waals surface area contributed by atoms with Gasteiger partial charge < -0.3 is 10.6 Å². The van der Waals surface area contributed by atoms with Gasteiger partial charge in [-0.1, -0.05) is 0 Å². The minimum absolute atomic E-state index is 0.426. The van der Waals surface area contributed by atoms with E-state index in [1.807, 2.05) is 11.7 Å². The largest absolute Gasteiger partial charge is 0.365 e. The van der Waals surface area contributed by atoms with E-state index in [0.29, 0.717) is 11.4 Å². The van der Waals surface area contributed by atoms with Gasteiger partial charge >= 0.3 is 0 Å². The summed E-state index contributed by atoms with van der Waals surface area (Å²) in [7, 11) is 0. The van der Waals surface area contributed by atoms with Crippen LogP contribution in [-0.4, -0.2) is 47.0 Å². The first kappa shape index (κ1) is 14.0. The third kappa shape index (κ3) is 3.20. The van der Waals surface area contributed by atoms with Crippen molar-refractivity contribution in [1.82, 2.24) is 14.9 Å². The van der Waals surface area contributed by atoms with Gasteiger partial charge in [-0.15, -0.1) is 11.3 Å². The molecule has 1 amide bonds. The first-order chi connectivity index (χ1) is 10.2. The van der Waals surface area contributed by atoms with Crippen molar-refractivity contribution in [2.24, 2.45) is 5.73 Å². The summed E-state index contributed by atoms with van der Waals surface area (Å²) in [6.45, 7) is 4.49. The van der Waals surface area contributed by atoms with Crippen LogP contribution >= 0.6 is 11.3 Å². The average molecular weight is 303 g/mol. The molecule has 2 aromatic heterocycles. The van der Waals surface area contributed by atoms with E-state index in [0.717, 1.165) is 32.7 Å². The molecule has 0 atom stereocenters. The maximum absolute atomic E-state index is 11.5. The van der Waals surface area contributed by atoms with Crippen LogP contribution in [0.1, 0.15) is 15.2 Å². The van der Waals surface area contributed by atoms with E-state index in [-0.39, 0.29) is 0 Å². The monoisotopic (exact) mass is 303 g/mol. The number of aromatic nitrogens is 2. The van der Waals surface area contributed by atoms with Crippen LogP contribution in [0.4, 0.5) is 5.82 Å². The molecule has 6 nitrogen and oxygen atoms in total. The highest BCUT2D eigenvalue weighted by Gasteiger charge is 2.21. The number of pyridine rings is 1. The van der Waals surface area contributed by atoms with Crippen LogP contribution in [0, 0.1) is 0 Å². The van der Waals surface area contributed by atoms with E-state index in [9.17, 15) is 4.79 Å². The molecule has 3 heterocycles. The number of carbonyl (C=O) groups excluding carboxylic acids is 1. The normalized spacial score (nSPS) is 16.1. The van der Waals surface area contributed by atoms with Crippen molar-refractivity contribution in [2.45, 2.75) is 6.54 Å². The number of nitrogens with zero attached hydrogens (tertiary/aromatic N) is 4. The molecule has 1 aliphatic heterocycles. The van der Waals surface area contributed by atoms with Crippen molar-refractivity contribution >= 4 is 23.1 Å². The highest BCUT2D eigenvalue weighted by atomic mass is 32.1. The van der Waals surface area contributed by atoms with Gasteiger partial charge in [0.25, 0.3) is 5.91 Å². The van der Waals surface area contributed by atoms with E-state index in [2.05, 4.69) is 19.8 Å². The molecule has 0 aliphatic carbocycles. The predicted octanol–water partition coefficient (Wildman–Crippen LogP) is 0.959. The van der Waals surface area contributed by atoms with Gasteiger partial charge in [0, 0.05) is 50.0 Å². The van der Waals surface area contributed by atoms with Gasteiger partial charge in [0.05, 0.1) is 11.1 Å². The Balaban J connectivity index is 1.64. The van der Waals surface area contributed by atoms with Gasteiger partial charge in [0.15, 0.2) is 0 Å². The van der Waals surface area contributed by atoms with E-state index in [1.54, 1.807) is 29.7 Å². The first-order valence-electron chi connectivity index (χ1n) is 6.83. The van der Waals surface area contributed by atoms with Crippen LogP contribution in [-0.2, 0) is 6.54 Å². The molecule has 3 rings (SSSR count).